The Kier molecular flexibility index (Phi) is 4.44. The molecule has 152 valence electrons. The summed E-state index contributed by atoms with van der Waals surface area (Å²) < 4.78 is 12.8. The highest BCUT2D eigenvalue weighted by Gasteiger charge is 2.67. The van der Waals surface area contributed by atoms with Crippen LogP contribution >= 0.6 is 0 Å². The summed E-state index contributed by atoms with van der Waals surface area (Å²) in [5.74, 6) is 5.99. The number of hydrogen-bond donors (Lipinski definition) is 1. The minimum Gasteiger partial charge on any atom is -0.330 e. The van der Waals surface area contributed by atoms with Gasteiger partial charge in [0.15, 0.2) is 0 Å². The highest BCUT2D eigenvalue weighted by Crippen LogP contribution is 2.73. The fourth-order valence-corrected chi connectivity index (χ4v) is 10.7. The second-order valence-corrected chi connectivity index (χ2v) is 12.9. The summed E-state index contributed by atoms with van der Waals surface area (Å²) in [5.41, 5.74) is 6.10. The number of carbonyl (C=O) groups excluding carboxylic acids is 1. The molecule has 0 aromatic rings. The zero-order valence-corrected chi connectivity index (χ0v) is 17.9. The fraction of sp³-hybridized carbons (Fsp3) is 0.957. The van der Waals surface area contributed by atoms with E-state index in [2.05, 4.69) is 13.8 Å². The van der Waals surface area contributed by atoms with Gasteiger partial charge in [0.05, 0.1) is 0 Å². The smallest absolute Gasteiger partial charge is 0.139 e. The van der Waals surface area contributed by atoms with Crippen LogP contribution in [0.4, 0.5) is 0 Å². The van der Waals surface area contributed by atoms with Crippen molar-refractivity contribution in [2.45, 2.75) is 76.9 Å². The van der Waals surface area contributed by atoms with E-state index >= 15 is 0 Å². The molecule has 10 atom stereocenters. The molecule has 0 saturated heterocycles. The van der Waals surface area contributed by atoms with Gasteiger partial charge in [0.25, 0.3) is 0 Å². The van der Waals surface area contributed by atoms with Gasteiger partial charge in [-0.1, -0.05) is 13.8 Å². The normalized spacial score (nSPS) is 54.5. The van der Waals surface area contributed by atoms with E-state index in [1.807, 2.05) is 0 Å². The van der Waals surface area contributed by atoms with Gasteiger partial charge >= 0.3 is 0 Å². The lowest BCUT2D eigenvalue weighted by atomic mass is 9.45. The Morgan fingerprint density at radius 3 is 2.67 bits per heavy atom. The molecule has 5 fully saturated rings. The summed E-state index contributed by atoms with van der Waals surface area (Å²) >= 11 is 0. The van der Waals surface area contributed by atoms with E-state index in [1.165, 1.54) is 32.1 Å². The Morgan fingerprint density at radius 2 is 1.89 bits per heavy atom. The molecule has 2 N–H and O–H groups in total. The van der Waals surface area contributed by atoms with Crippen LogP contribution in [0.25, 0.3) is 0 Å². The molecule has 0 aromatic heterocycles. The first-order valence-electron chi connectivity index (χ1n) is 11.5. The SMILES string of the molecule is C[C@@]12C3CC(C[C@@H]4[C@H]1CC[C@]1(C)C(=O)CC[C@H]41)C2C[C@@H](S(=O)CCCN)C3. The molecular weight excluding hydrogens is 354 g/mol. The van der Waals surface area contributed by atoms with Gasteiger partial charge in [0.1, 0.15) is 5.78 Å². The average molecular weight is 392 g/mol. The van der Waals surface area contributed by atoms with Crippen LogP contribution in [0.3, 0.4) is 0 Å². The Morgan fingerprint density at radius 1 is 1.07 bits per heavy atom. The van der Waals surface area contributed by atoms with E-state index in [-0.39, 0.29) is 5.41 Å². The van der Waals surface area contributed by atoms with Crippen LogP contribution in [0.5, 0.6) is 0 Å². The molecule has 5 aliphatic rings. The summed E-state index contributed by atoms with van der Waals surface area (Å²) in [6, 6.07) is 0. The summed E-state index contributed by atoms with van der Waals surface area (Å²) in [5, 5.41) is 0.420. The van der Waals surface area contributed by atoms with Crippen molar-refractivity contribution in [2.24, 2.45) is 52.1 Å². The molecule has 5 aliphatic carbocycles. The molecule has 0 heterocycles. The quantitative estimate of drug-likeness (QED) is 0.790. The Bertz CT molecular complexity index is 665. The van der Waals surface area contributed by atoms with Crippen LogP contribution in [-0.2, 0) is 15.6 Å². The summed E-state index contributed by atoms with van der Waals surface area (Å²) in [6.45, 7) is 5.56. The summed E-state index contributed by atoms with van der Waals surface area (Å²) in [4.78, 5) is 12.6. The zero-order chi connectivity index (χ0) is 19.0. The molecule has 0 spiro atoms. The first-order valence-corrected chi connectivity index (χ1v) is 12.9. The van der Waals surface area contributed by atoms with Crippen LogP contribution in [0, 0.1) is 46.3 Å². The van der Waals surface area contributed by atoms with Gasteiger partial charge < -0.3 is 5.73 Å². The highest BCUT2D eigenvalue weighted by molar-refractivity contribution is 7.85. The average Bonchev–Trinajstić information content (AvgIpc) is 2.94. The van der Waals surface area contributed by atoms with Crippen LogP contribution in [0.15, 0.2) is 0 Å². The second-order valence-electron chi connectivity index (χ2n) is 11.0. The number of rotatable bonds is 4. The van der Waals surface area contributed by atoms with E-state index in [1.54, 1.807) is 0 Å². The molecule has 4 bridgehead atoms. The van der Waals surface area contributed by atoms with Crippen LogP contribution in [0.1, 0.15) is 71.6 Å². The lowest BCUT2D eigenvalue weighted by Gasteiger charge is -2.60. The standard InChI is InChI=1S/C23H37NO2S/c1-22-7-6-19-17(18(22)4-5-21(22)25)11-14-10-15-12-16(27(26)9-3-8-24)13-20(14)23(15,19)2/h14-20H,3-13,24H2,1-2H3/t14?,15?,16-,17-,18+,19+,20?,22-,23+,27?/m0/s1. The van der Waals surface area contributed by atoms with E-state index in [9.17, 15) is 9.00 Å². The maximum Gasteiger partial charge on any atom is 0.139 e. The van der Waals surface area contributed by atoms with Crippen molar-refractivity contribution in [3.8, 4) is 0 Å². The molecule has 4 unspecified atom stereocenters. The predicted octanol–water partition coefficient (Wildman–Crippen LogP) is 3.92. The van der Waals surface area contributed by atoms with Gasteiger partial charge in [-0.15, -0.1) is 0 Å². The van der Waals surface area contributed by atoms with Crippen molar-refractivity contribution in [2.75, 3.05) is 12.3 Å². The molecule has 0 radical (unpaired) electrons. The maximum absolute atomic E-state index is 12.8. The first-order chi connectivity index (χ1) is 12.9. The molecule has 27 heavy (non-hydrogen) atoms. The van der Waals surface area contributed by atoms with Crippen molar-refractivity contribution in [1.82, 2.24) is 0 Å². The van der Waals surface area contributed by atoms with E-state index < -0.39 is 10.8 Å². The van der Waals surface area contributed by atoms with Crippen molar-refractivity contribution >= 4 is 16.6 Å². The van der Waals surface area contributed by atoms with Crippen LogP contribution in [0.2, 0.25) is 0 Å². The Balaban J connectivity index is 1.39. The second kappa shape index (κ2) is 6.39. The molecule has 0 aliphatic heterocycles. The van der Waals surface area contributed by atoms with Gasteiger partial charge in [-0.3, -0.25) is 9.00 Å². The number of fused-ring (bicyclic) bond motifs is 3. The maximum atomic E-state index is 12.8. The van der Waals surface area contributed by atoms with Crippen LogP contribution < -0.4 is 5.73 Å². The third-order valence-corrected chi connectivity index (χ3v) is 12.2. The minimum atomic E-state index is -0.684. The molecule has 5 rings (SSSR count). The van der Waals surface area contributed by atoms with E-state index in [0.717, 1.165) is 61.0 Å². The molecule has 0 aromatic carbocycles. The molecule has 0 amide bonds. The Labute approximate surface area is 167 Å². The number of carbonyl (C=O) groups is 1. The van der Waals surface area contributed by atoms with Crippen LogP contribution in [-0.4, -0.2) is 27.5 Å². The van der Waals surface area contributed by atoms with Crippen molar-refractivity contribution in [3.63, 3.8) is 0 Å². The number of Topliss-reactive ketones (excluding diaryl/α,β-unsaturated/α-hetero) is 1. The van der Waals surface area contributed by atoms with Crippen molar-refractivity contribution in [1.29, 1.82) is 0 Å². The van der Waals surface area contributed by atoms with Crippen molar-refractivity contribution in [3.05, 3.63) is 0 Å². The first kappa shape index (κ1) is 18.8. The number of nitrogens with two attached hydrogens (primary N) is 1. The summed E-state index contributed by atoms with van der Waals surface area (Å²) in [7, 11) is -0.684. The molecule has 5 saturated carbocycles. The highest BCUT2D eigenvalue weighted by atomic mass is 32.2. The van der Waals surface area contributed by atoms with Crippen molar-refractivity contribution < 1.29 is 9.00 Å². The zero-order valence-electron chi connectivity index (χ0n) is 17.1. The Hall–Kier alpha value is -0.220. The van der Waals surface area contributed by atoms with Gasteiger partial charge in [0, 0.05) is 33.6 Å². The molecular formula is C23H37NO2S. The fourth-order valence-electron chi connectivity index (χ4n) is 9.04. The van der Waals surface area contributed by atoms with E-state index in [0.29, 0.717) is 28.9 Å². The molecule has 3 nitrogen and oxygen atoms in total. The topological polar surface area (TPSA) is 60.2 Å². The largest absolute Gasteiger partial charge is 0.330 e. The lowest BCUT2D eigenvalue weighted by molar-refractivity contribution is -0.139. The monoisotopic (exact) mass is 391 g/mol. The van der Waals surface area contributed by atoms with Gasteiger partial charge in [-0.05, 0) is 98.8 Å². The minimum absolute atomic E-state index is 0.00429. The number of hydrogen-bond acceptors (Lipinski definition) is 3. The predicted molar refractivity (Wildman–Crippen MR) is 110 cm³/mol. The third kappa shape index (κ3) is 2.47. The number of ketones is 1. The summed E-state index contributed by atoms with van der Waals surface area (Å²) in [6.07, 6.45) is 10.4. The van der Waals surface area contributed by atoms with Gasteiger partial charge in [-0.25, -0.2) is 0 Å². The van der Waals surface area contributed by atoms with E-state index in [4.69, 9.17) is 5.73 Å². The van der Waals surface area contributed by atoms with Gasteiger partial charge in [0.2, 0.25) is 0 Å². The molecule has 4 heteroatoms. The van der Waals surface area contributed by atoms with Gasteiger partial charge in [-0.2, -0.15) is 0 Å². The third-order valence-electron chi connectivity index (χ3n) is 10.3. The lowest BCUT2D eigenvalue weighted by Crippen LogP contribution is -2.55.